The smallest absolute Gasteiger partial charge is 0.298 e. The van der Waals surface area contributed by atoms with Crippen molar-refractivity contribution in [3.05, 3.63) is 22.4 Å². The Bertz CT molecular complexity index is 361. The van der Waals surface area contributed by atoms with Gasteiger partial charge in [-0.15, -0.1) is 0 Å². The maximum Gasteiger partial charge on any atom is 0.298 e. The summed E-state index contributed by atoms with van der Waals surface area (Å²) in [5, 5.41) is 0. The summed E-state index contributed by atoms with van der Waals surface area (Å²) in [5.74, 6) is 0.418. The highest BCUT2D eigenvalue weighted by Crippen LogP contribution is 2.48. The van der Waals surface area contributed by atoms with Gasteiger partial charge in [-0.25, -0.2) is 0 Å². The molecule has 1 rings (SSSR count). The summed E-state index contributed by atoms with van der Waals surface area (Å²) in [7, 11) is 0. The molecule has 1 aromatic rings. The molecular weight excluding hydrogens is 516 g/mol. The molecule has 0 unspecified atom stereocenters. The molecular formula is C7HBr5O2. The third-order valence-corrected chi connectivity index (χ3v) is 7.36. The van der Waals surface area contributed by atoms with Crippen molar-refractivity contribution in [3.8, 4) is 5.75 Å². The zero-order valence-corrected chi connectivity index (χ0v) is 14.2. The average Bonchev–Trinajstić information content (AvgIpc) is 2.19. The Labute approximate surface area is 122 Å². The summed E-state index contributed by atoms with van der Waals surface area (Å²) < 4.78 is 8.51. The summed E-state index contributed by atoms with van der Waals surface area (Å²) in [6.07, 6.45) is 0. The van der Waals surface area contributed by atoms with Crippen molar-refractivity contribution < 1.29 is 9.53 Å². The number of hydrogen-bond donors (Lipinski definition) is 0. The molecule has 0 radical (unpaired) electrons. The highest BCUT2D eigenvalue weighted by molar-refractivity contribution is 9.15. The monoisotopic (exact) mass is 512 g/mol. The molecule has 0 atom stereocenters. The SMILES string of the molecule is O=COc1c(Br)c(Br)c(Br)c(Br)c1Br. The lowest BCUT2D eigenvalue weighted by molar-refractivity contribution is -0.120. The van der Waals surface area contributed by atoms with Crippen LogP contribution in [0.15, 0.2) is 22.4 Å². The average molecular weight is 517 g/mol. The molecule has 0 aliphatic carbocycles. The van der Waals surface area contributed by atoms with E-state index in [2.05, 4.69) is 79.6 Å². The Morgan fingerprint density at radius 3 is 1.50 bits per heavy atom. The van der Waals surface area contributed by atoms with E-state index in [-0.39, 0.29) is 0 Å². The minimum atomic E-state index is 0.373. The Balaban J connectivity index is 3.50. The molecule has 0 saturated carbocycles. The number of rotatable bonds is 2. The van der Waals surface area contributed by atoms with Gasteiger partial charge in [0, 0.05) is 4.47 Å². The van der Waals surface area contributed by atoms with Crippen LogP contribution in [0.1, 0.15) is 0 Å². The minimum absolute atomic E-state index is 0.373. The zero-order chi connectivity index (χ0) is 10.9. The molecule has 2 nitrogen and oxygen atoms in total. The second kappa shape index (κ2) is 5.43. The van der Waals surface area contributed by atoms with E-state index in [9.17, 15) is 4.79 Å². The van der Waals surface area contributed by atoms with Crippen molar-refractivity contribution in [2.24, 2.45) is 0 Å². The van der Waals surface area contributed by atoms with Crippen LogP contribution in [0.5, 0.6) is 5.75 Å². The second-order valence-corrected chi connectivity index (χ2v) is 6.08. The molecule has 0 amide bonds. The van der Waals surface area contributed by atoms with Crippen LogP contribution in [-0.2, 0) is 4.79 Å². The van der Waals surface area contributed by atoms with Crippen molar-refractivity contribution >= 4 is 86.1 Å². The lowest BCUT2D eigenvalue weighted by Crippen LogP contribution is -1.93. The molecule has 0 spiro atoms. The Hall–Kier alpha value is 1.09. The molecule has 0 N–H and O–H groups in total. The Morgan fingerprint density at radius 1 is 0.786 bits per heavy atom. The summed E-state index contributed by atoms with van der Waals surface area (Å²) in [6.45, 7) is 0.373. The van der Waals surface area contributed by atoms with Gasteiger partial charge >= 0.3 is 0 Å². The minimum Gasteiger partial charge on any atom is -0.426 e. The first-order valence-electron chi connectivity index (χ1n) is 3.12. The second-order valence-electron chi connectivity index (χ2n) is 2.11. The highest BCUT2D eigenvalue weighted by Gasteiger charge is 2.18. The van der Waals surface area contributed by atoms with Crippen molar-refractivity contribution in [2.75, 3.05) is 0 Å². The van der Waals surface area contributed by atoms with Gasteiger partial charge in [-0.05, 0) is 79.6 Å². The van der Waals surface area contributed by atoms with E-state index < -0.39 is 0 Å². The molecule has 0 aliphatic rings. The number of hydrogen-bond acceptors (Lipinski definition) is 2. The predicted octanol–water partition coefficient (Wildman–Crippen LogP) is 5.03. The van der Waals surface area contributed by atoms with Crippen LogP contribution >= 0.6 is 79.6 Å². The highest BCUT2D eigenvalue weighted by atomic mass is 79.9. The van der Waals surface area contributed by atoms with E-state index in [1.165, 1.54) is 0 Å². The number of benzene rings is 1. The topological polar surface area (TPSA) is 26.3 Å². The van der Waals surface area contributed by atoms with Gasteiger partial charge in [0.25, 0.3) is 6.47 Å². The maximum absolute atomic E-state index is 10.3. The molecule has 0 fully saturated rings. The van der Waals surface area contributed by atoms with Crippen molar-refractivity contribution in [1.29, 1.82) is 0 Å². The number of carbonyl (C=O) groups is 1. The quantitative estimate of drug-likeness (QED) is 0.313. The lowest BCUT2D eigenvalue weighted by atomic mass is 10.3. The van der Waals surface area contributed by atoms with Crippen LogP contribution in [0.25, 0.3) is 0 Å². The zero-order valence-electron chi connectivity index (χ0n) is 6.28. The van der Waals surface area contributed by atoms with Gasteiger partial charge < -0.3 is 4.74 Å². The van der Waals surface area contributed by atoms with Crippen LogP contribution in [-0.4, -0.2) is 6.47 Å². The van der Waals surface area contributed by atoms with E-state index in [0.29, 0.717) is 21.2 Å². The molecule has 1 aromatic carbocycles. The molecule has 0 saturated heterocycles. The van der Waals surface area contributed by atoms with Crippen LogP contribution in [0, 0.1) is 0 Å². The first kappa shape index (κ1) is 13.2. The van der Waals surface area contributed by atoms with E-state index in [4.69, 9.17) is 4.74 Å². The third kappa shape index (κ3) is 2.42. The van der Waals surface area contributed by atoms with Gasteiger partial charge in [0.15, 0.2) is 5.75 Å². The fraction of sp³-hybridized carbons (Fsp3) is 0. The van der Waals surface area contributed by atoms with Gasteiger partial charge in [0.2, 0.25) is 0 Å². The van der Waals surface area contributed by atoms with Gasteiger partial charge in [-0.1, -0.05) is 0 Å². The van der Waals surface area contributed by atoms with Crippen LogP contribution in [0.3, 0.4) is 0 Å². The Kier molecular flexibility index (Phi) is 5.10. The first-order valence-corrected chi connectivity index (χ1v) is 7.09. The summed E-state index contributed by atoms with van der Waals surface area (Å²) in [4.78, 5) is 10.3. The molecule has 0 aliphatic heterocycles. The largest absolute Gasteiger partial charge is 0.426 e. The standard InChI is InChI=1S/C7HBr5O2/c8-2-3(9)5(11)7(14-1-13)6(12)4(2)10/h1H. The number of ether oxygens (including phenoxy) is 1. The van der Waals surface area contributed by atoms with E-state index in [1.54, 1.807) is 0 Å². The van der Waals surface area contributed by atoms with Gasteiger partial charge in [0.05, 0.1) is 17.9 Å². The fourth-order valence-corrected chi connectivity index (χ4v) is 3.93. The molecule has 7 heteroatoms. The number of halogens is 5. The lowest BCUT2D eigenvalue weighted by Gasteiger charge is -2.10. The van der Waals surface area contributed by atoms with Crippen LogP contribution in [0.4, 0.5) is 0 Å². The van der Waals surface area contributed by atoms with E-state index in [0.717, 1.165) is 13.4 Å². The molecule has 0 bridgehead atoms. The molecule has 76 valence electrons. The van der Waals surface area contributed by atoms with Crippen molar-refractivity contribution in [3.63, 3.8) is 0 Å². The molecule has 0 heterocycles. The van der Waals surface area contributed by atoms with Crippen molar-refractivity contribution in [1.82, 2.24) is 0 Å². The van der Waals surface area contributed by atoms with Crippen molar-refractivity contribution in [2.45, 2.75) is 0 Å². The van der Waals surface area contributed by atoms with E-state index >= 15 is 0 Å². The normalized spacial score (nSPS) is 10.1. The fourth-order valence-electron chi connectivity index (χ4n) is 0.736. The molecule has 14 heavy (non-hydrogen) atoms. The van der Waals surface area contributed by atoms with Gasteiger partial charge in [0.1, 0.15) is 0 Å². The third-order valence-electron chi connectivity index (χ3n) is 1.34. The summed E-state index contributed by atoms with van der Waals surface area (Å²) >= 11 is 16.7. The van der Waals surface area contributed by atoms with E-state index in [1.807, 2.05) is 0 Å². The number of carbonyl (C=O) groups excluding carboxylic acids is 1. The van der Waals surface area contributed by atoms with Gasteiger partial charge in [-0.2, -0.15) is 0 Å². The molecule has 0 aromatic heterocycles. The Morgan fingerprint density at radius 2 is 1.14 bits per heavy atom. The first-order chi connectivity index (χ1) is 6.50. The predicted molar refractivity (Wildman–Crippen MR) is 71.6 cm³/mol. The van der Waals surface area contributed by atoms with Crippen LogP contribution < -0.4 is 4.74 Å². The maximum atomic E-state index is 10.3. The van der Waals surface area contributed by atoms with Gasteiger partial charge in [-0.3, -0.25) is 4.79 Å². The summed E-state index contributed by atoms with van der Waals surface area (Å²) in [6, 6.07) is 0. The summed E-state index contributed by atoms with van der Waals surface area (Å²) in [5.41, 5.74) is 0. The van der Waals surface area contributed by atoms with Crippen LogP contribution in [0.2, 0.25) is 0 Å².